The van der Waals surface area contributed by atoms with Crippen LogP contribution in [-0.4, -0.2) is 11.3 Å². The number of ketones is 1. The standard InChI is InChI=1S/C20H22N2O/c1-20(2)12-16-10-14(13-21)8-9-17(16)18(22-20)11-19(23)15-6-4-3-5-7-15/h3-11,22H,12-13,21H2,1-2H3/b18-11-. The molecule has 0 spiro atoms. The molecular formula is C20H22N2O. The van der Waals surface area contributed by atoms with Gasteiger partial charge in [0, 0.05) is 35.0 Å². The number of carbonyl (C=O) groups excluding carboxylic acids is 1. The van der Waals surface area contributed by atoms with E-state index >= 15 is 0 Å². The van der Waals surface area contributed by atoms with Crippen LogP contribution in [0.5, 0.6) is 0 Å². The fraction of sp³-hybridized carbons (Fsp3) is 0.250. The normalized spacial score (nSPS) is 17.4. The maximum absolute atomic E-state index is 12.5. The highest BCUT2D eigenvalue weighted by molar-refractivity contribution is 6.08. The van der Waals surface area contributed by atoms with Crippen LogP contribution in [0.4, 0.5) is 0 Å². The van der Waals surface area contributed by atoms with Crippen LogP contribution in [0.15, 0.2) is 54.6 Å². The third-order valence-electron chi connectivity index (χ3n) is 4.13. The zero-order valence-corrected chi connectivity index (χ0v) is 13.6. The zero-order valence-electron chi connectivity index (χ0n) is 13.6. The Bertz CT molecular complexity index is 760. The van der Waals surface area contributed by atoms with Crippen LogP contribution in [0.25, 0.3) is 5.70 Å². The number of hydrogen-bond donors (Lipinski definition) is 2. The van der Waals surface area contributed by atoms with Gasteiger partial charge in [-0.1, -0.05) is 48.5 Å². The van der Waals surface area contributed by atoms with Crippen molar-refractivity contribution in [2.45, 2.75) is 32.4 Å². The van der Waals surface area contributed by atoms with Crippen molar-refractivity contribution < 1.29 is 4.79 Å². The Balaban J connectivity index is 2.03. The Kier molecular flexibility index (Phi) is 4.05. The van der Waals surface area contributed by atoms with E-state index in [1.54, 1.807) is 6.08 Å². The molecule has 2 aromatic rings. The molecule has 0 atom stereocenters. The van der Waals surface area contributed by atoms with Crippen LogP contribution >= 0.6 is 0 Å². The second kappa shape index (κ2) is 6.01. The van der Waals surface area contributed by atoms with Gasteiger partial charge in [0.2, 0.25) is 0 Å². The van der Waals surface area contributed by atoms with E-state index < -0.39 is 0 Å². The number of rotatable bonds is 3. The fourth-order valence-electron chi connectivity index (χ4n) is 3.07. The van der Waals surface area contributed by atoms with Crippen molar-refractivity contribution in [2.75, 3.05) is 0 Å². The topological polar surface area (TPSA) is 55.1 Å². The molecule has 0 unspecified atom stereocenters. The molecule has 1 heterocycles. The molecule has 0 aromatic heterocycles. The lowest BCUT2D eigenvalue weighted by Gasteiger charge is -2.36. The summed E-state index contributed by atoms with van der Waals surface area (Å²) in [6.45, 7) is 4.82. The van der Waals surface area contributed by atoms with Crippen LogP contribution in [0.3, 0.4) is 0 Å². The molecule has 0 bridgehead atoms. The first-order valence-corrected chi connectivity index (χ1v) is 7.90. The van der Waals surface area contributed by atoms with Crippen LogP contribution in [0, 0.1) is 0 Å². The summed E-state index contributed by atoms with van der Waals surface area (Å²) >= 11 is 0. The SMILES string of the molecule is CC1(C)Cc2cc(CN)ccc2/C(=C/C(=O)c2ccccc2)N1. The van der Waals surface area contributed by atoms with Gasteiger partial charge in [0.05, 0.1) is 0 Å². The summed E-state index contributed by atoms with van der Waals surface area (Å²) in [7, 11) is 0. The zero-order chi connectivity index (χ0) is 16.4. The predicted octanol–water partition coefficient (Wildman–Crippen LogP) is 3.29. The van der Waals surface area contributed by atoms with Gasteiger partial charge in [-0.05, 0) is 31.4 Å². The van der Waals surface area contributed by atoms with E-state index in [4.69, 9.17) is 5.73 Å². The van der Waals surface area contributed by atoms with Gasteiger partial charge in [0.15, 0.2) is 5.78 Å². The third-order valence-corrected chi connectivity index (χ3v) is 4.13. The molecule has 1 aliphatic rings. The molecule has 0 saturated carbocycles. The first-order chi connectivity index (χ1) is 11.0. The van der Waals surface area contributed by atoms with Crippen LogP contribution in [-0.2, 0) is 13.0 Å². The lowest BCUT2D eigenvalue weighted by molar-refractivity contribution is 0.104. The van der Waals surface area contributed by atoms with Crippen molar-refractivity contribution in [2.24, 2.45) is 5.73 Å². The van der Waals surface area contributed by atoms with E-state index in [1.165, 1.54) is 5.56 Å². The summed E-state index contributed by atoms with van der Waals surface area (Å²) in [5.41, 5.74) is 10.7. The van der Waals surface area contributed by atoms with Crippen LogP contribution < -0.4 is 11.1 Å². The number of nitrogens with one attached hydrogen (secondary N) is 1. The van der Waals surface area contributed by atoms with Crippen molar-refractivity contribution in [3.05, 3.63) is 76.9 Å². The van der Waals surface area contributed by atoms with Gasteiger partial charge >= 0.3 is 0 Å². The highest BCUT2D eigenvalue weighted by Crippen LogP contribution is 2.30. The summed E-state index contributed by atoms with van der Waals surface area (Å²) in [6, 6.07) is 15.6. The van der Waals surface area contributed by atoms with Gasteiger partial charge in [0.1, 0.15) is 0 Å². The highest BCUT2D eigenvalue weighted by atomic mass is 16.1. The van der Waals surface area contributed by atoms with E-state index in [1.807, 2.05) is 36.4 Å². The van der Waals surface area contributed by atoms with Crippen molar-refractivity contribution in [3.8, 4) is 0 Å². The maximum Gasteiger partial charge on any atom is 0.187 e. The number of nitrogens with two attached hydrogens (primary N) is 1. The second-order valence-electron chi connectivity index (χ2n) is 6.67. The Labute approximate surface area is 137 Å². The van der Waals surface area contributed by atoms with E-state index in [-0.39, 0.29) is 11.3 Å². The van der Waals surface area contributed by atoms with E-state index in [2.05, 4.69) is 31.3 Å². The first kappa shape index (κ1) is 15.5. The van der Waals surface area contributed by atoms with Gasteiger partial charge in [-0.3, -0.25) is 4.79 Å². The molecule has 23 heavy (non-hydrogen) atoms. The van der Waals surface area contributed by atoms with Crippen molar-refractivity contribution >= 4 is 11.5 Å². The molecule has 118 valence electrons. The molecule has 0 aliphatic carbocycles. The lowest BCUT2D eigenvalue weighted by atomic mass is 9.84. The largest absolute Gasteiger partial charge is 0.379 e. The van der Waals surface area contributed by atoms with Crippen LogP contribution in [0.1, 0.15) is 40.9 Å². The van der Waals surface area contributed by atoms with Gasteiger partial charge in [-0.25, -0.2) is 0 Å². The molecule has 0 saturated heterocycles. The Morgan fingerprint density at radius 2 is 1.96 bits per heavy atom. The predicted molar refractivity (Wildman–Crippen MR) is 94.0 cm³/mol. The van der Waals surface area contributed by atoms with Crippen molar-refractivity contribution in [3.63, 3.8) is 0 Å². The third kappa shape index (κ3) is 3.35. The first-order valence-electron chi connectivity index (χ1n) is 7.90. The summed E-state index contributed by atoms with van der Waals surface area (Å²) in [6.07, 6.45) is 2.62. The molecule has 0 fully saturated rings. The Morgan fingerprint density at radius 3 is 2.65 bits per heavy atom. The number of hydrogen-bond acceptors (Lipinski definition) is 3. The molecular weight excluding hydrogens is 284 g/mol. The fourth-order valence-corrected chi connectivity index (χ4v) is 3.07. The average Bonchev–Trinajstić information content (AvgIpc) is 2.54. The summed E-state index contributed by atoms with van der Waals surface area (Å²) in [5, 5.41) is 3.50. The average molecular weight is 306 g/mol. The number of allylic oxidation sites excluding steroid dienone is 1. The number of carbonyl (C=O) groups is 1. The number of benzene rings is 2. The minimum absolute atomic E-state index is 0.0136. The Hall–Kier alpha value is -2.39. The van der Waals surface area contributed by atoms with E-state index in [9.17, 15) is 4.79 Å². The number of fused-ring (bicyclic) bond motifs is 1. The van der Waals surface area contributed by atoms with Crippen molar-refractivity contribution in [1.29, 1.82) is 0 Å². The van der Waals surface area contributed by atoms with Crippen molar-refractivity contribution in [1.82, 2.24) is 5.32 Å². The van der Waals surface area contributed by atoms with Gasteiger partial charge in [-0.15, -0.1) is 0 Å². The molecule has 0 radical (unpaired) electrons. The molecule has 3 heteroatoms. The smallest absolute Gasteiger partial charge is 0.187 e. The van der Waals surface area contributed by atoms with E-state index in [0.29, 0.717) is 12.1 Å². The molecule has 0 amide bonds. The quantitative estimate of drug-likeness (QED) is 0.676. The van der Waals surface area contributed by atoms with E-state index in [0.717, 1.165) is 23.2 Å². The molecule has 2 aromatic carbocycles. The summed E-state index contributed by atoms with van der Waals surface area (Å²) in [4.78, 5) is 12.5. The van der Waals surface area contributed by atoms with Crippen LogP contribution in [0.2, 0.25) is 0 Å². The summed E-state index contributed by atoms with van der Waals surface area (Å²) < 4.78 is 0. The van der Waals surface area contributed by atoms with Gasteiger partial charge in [0.25, 0.3) is 0 Å². The molecule has 3 N–H and O–H groups in total. The maximum atomic E-state index is 12.5. The molecule has 3 rings (SSSR count). The molecule has 3 nitrogen and oxygen atoms in total. The van der Waals surface area contributed by atoms with Gasteiger partial charge < -0.3 is 11.1 Å². The summed E-state index contributed by atoms with van der Waals surface area (Å²) in [5.74, 6) is 0.0136. The highest BCUT2D eigenvalue weighted by Gasteiger charge is 2.28. The van der Waals surface area contributed by atoms with Gasteiger partial charge in [-0.2, -0.15) is 0 Å². The monoisotopic (exact) mass is 306 g/mol. The second-order valence-corrected chi connectivity index (χ2v) is 6.67. The Morgan fingerprint density at radius 1 is 1.22 bits per heavy atom. The molecule has 1 aliphatic heterocycles. The lowest BCUT2D eigenvalue weighted by Crippen LogP contribution is -2.44. The minimum atomic E-state index is -0.0942. The minimum Gasteiger partial charge on any atom is -0.379 e.